The summed E-state index contributed by atoms with van der Waals surface area (Å²) in [6.07, 6.45) is 1.05. The molecule has 1 unspecified atom stereocenters. The Balaban J connectivity index is 1.90. The fraction of sp³-hybridized carbons (Fsp3) is 0.111. The Morgan fingerprint density at radius 2 is 2.00 bits per heavy atom. The summed E-state index contributed by atoms with van der Waals surface area (Å²) in [6.45, 7) is 3.35. The zero-order chi connectivity index (χ0) is 15.5. The predicted molar refractivity (Wildman–Crippen MR) is 81.0 cm³/mol. The minimum atomic E-state index is -0.554. The summed E-state index contributed by atoms with van der Waals surface area (Å²) in [5, 5.41) is 0. The van der Waals surface area contributed by atoms with Crippen molar-refractivity contribution >= 4 is 11.8 Å². The molecular formula is C18H14O4. The van der Waals surface area contributed by atoms with Crippen LogP contribution in [0.2, 0.25) is 0 Å². The lowest BCUT2D eigenvalue weighted by molar-refractivity contribution is -0.128. The lowest BCUT2D eigenvalue weighted by Gasteiger charge is -2.25. The van der Waals surface area contributed by atoms with Crippen LogP contribution in [-0.4, -0.2) is 11.8 Å². The molecule has 2 aromatic rings. The van der Waals surface area contributed by atoms with Gasteiger partial charge in [-0.3, -0.25) is 4.79 Å². The Morgan fingerprint density at radius 3 is 2.73 bits per heavy atom. The average molecular weight is 294 g/mol. The third-order valence-corrected chi connectivity index (χ3v) is 3.45. The van der Waals surface area contributed by atoms with Gasteiger partial charge in [0.2, 0.25) is 0 Å². The number of esters is 1. The Morgan fingerprint density at radius 1 is 1.23 bits per heavy atom. The second-order valence-electron chi connectivity index (χ2n) is 4.93. The quantitative estimate of drug-likeness (QED) is 0.494. The maximum absolute atomic E-state index is 12.3. The lowest BCUT2D eigenvalue weighted by atomic mass is 9.96. The summed E-state index contributed by atoms with van der Waals surface area (Å²) in [5.41, 5.74) is 1.44. The highest BCUT2D eigenvalue weighted by molar-refractivity contribution is 6.00. The summed E-state index contributed by atoms with van der Waals surface area (Å²) in [4.78, 5) is 23.5. The van der Waals surface area contributed by atoms with Crippen molar-refractivity contribution in [3.8, 4) is 11.5 Å². The van der Waals surface area contributed by atoms with Crippen LogP contribution in [0.3, 0.4) is 0 Å². The van der Waals surface area contributed by atoms with Crippen LogP contribution in [-0.2, 0) is 4.79 Å². The Bertz CT molecular complexity index is 734. The number of benzene rings is 2. The molecular weight excluding hydrogens is 280 g/mol. The van der Waals surface area contributed by atoms with E-state index in [1.807, 2.05) is 30.3 Å². The highest BCUT2D eigenvalue weighted by atomic mass is 16.5. The molecule has 0 fully saturated rings. The van der Waals surface area contributed by atoms with E-state index in [9.17, 15) is 9.59 Å². The van der Waals surface area contributed by atoms with E-state index in [2.05, 4.69) is 6.58 Å². The summed E-state index contributed by atoms with van der Waals surface area (Å²) in [5.74, 6) is 0.211. The van der Waals surface area contributed by atoms with Gasteiger partial charge >= 0.3 is 5.97 Å². The number of carbonyl (C=O) groups is 2. The Hall–Kier alpha value is -2.88. The van der Waals surface area contributed by atoms with E-state index >= 15 is 0 Å². The largest absolute Gasteiger partial charge is 0.484 e. The molecule has 3 rings (SSSR count). The summed E-state index contributed by atoms with van der Waals surface area (Å²) >= 11 is 0. The van der Waals surface area contributed by atoms with Gasteiger partial charge in [0.05, 0.1) is 12.0 Å². The molecule has 0 amide bonds. The van der Waals surface area contributed by atoms with Gasteiger partial charge in [0.25, 0.3) is 0 Å². The van der Waals surface area contributed by atoms with Crippen LogP contribution in [0, 0.1) is 0 Å². The van der Waals surface area contributed by atoms with Crippen LogP contribution < -0.4 is 9.47 Å². The molecule has 4 heteroatoms. The first kappa shape index (κ1) is 14.1. The molecule has 0 spiro atoms. The number of fused-ring (bicyclic) bond motifs is 1. The van der Waals surface area contributed by atoms with Gasteiger partial charge in [0, 0.05) is 12.1 Å². The van der Waals surface area contributed by atoms with Gasteiger partial charge in [-0.2, -0.15) is 0 Å². The third-order valence-electron chi connectivity index (χ3n) is 3.45. The van der Waals surface area contributed by atoms with E-state index in [0.717, 1.165) is 11.6 Å². The molecule has 0 bridgehead atoms. The molecule has 1 atom stereocenters. The number of hydrogen-bond acceptors (Lipinski definition) is 4. The molecule has 22 heavy (non-hydrogen) atoms. The smallest absolute Gasteiger partial charge is 0.335 e. The molecule has 110 valence electrons. The van der Waals surface area contributed by atoms with Crippen molar-refractivity contribution in [1.82, 2.24) is 0 Å². The van der Waals surface area contributed by atoms with Gasteiger partial charge in [-0.1, -0.05) is 36.9 Å². The minimum absolute atomic E-state index is 0.0108. The number of Topliss-reactive ketones (excluding diaryl/α,β-unsaturated/α-hetero) is 1. The highest BCUT2D eigenvalue weighted by Crippen LogP contribution is 2.36. The fourth-order valence-corrected chi connectivity index (χ4v) is 2.38. The van der Waals surface area contributed by atoms with Gasteiger partial charge in [-0.25, -0.2) is 4.79 Å². The van der Waals surface area contributed by atoms with Crippen LogP contribution in [0.5, 0.6) is 11.5 Å². The average Bonchev–Trinajstić information content (AvgIpc) is 2.55. The molecule has 0 saturated carbocycles. The first-order valence-corrected chi connectivity index (χ1v) is 6.90. The van der Waals surface area contributed by atoms with Crippen LogP contribution in [0.1, 0.15) is 28.4 Å². The number of hydrogen-bond donors (Lipinski definition) is 0. The molecule has 4 nitrogen and oxygen atoms in total. The zero-order valence-corrected chi connectivity index (χ0v) is 11.8. The molecule has 0 aromatic heterocycles. The molecule has 0 saturated heterocycles. The van der Waals surface area contributed by atoms with E-state index in [-0.39, 0.29) is 11.9 Å². The molecule has 2 aromatic carbocycles. The van der Waals surface area contributed by atoms with Crippen LogP contribution in [0.15, 0.2) is 61.2 Å². The van der Waals surface area contributed by atoms with Gasteiger partial charge in [0.15, 0.2) is 5.78 Å². The number of carbonyl (C=O) groups excluding carboxylic acids is 2. The first-order chi connectivity index (χ1) is 10.7. The van der Waals surface area contributed by atoms with Gasteiger partial charge in [-0.05, 0) is 17.7 Å². The van der Waals surface area contributed by atoms with E-state index in [1.165, 1.54) is 0 Å². The highest BCUT2D eigenvalue weighted by Gasteiger charge is 2.28. The van der Waals surface area contributed by atoms with Crippen molar-refractivity contribution in [2.75, 3.05) is 0 Å². The van der Waals surface area contributed by atoms with Crippen molar-refractivity contribution < 1.29 is 19.1 Å². The molecule has 1 aliphatic heterocycles. The standard InChI is InChI=1S/C18H14O4/c1-2-18(20)21-13-8-9-14-15(19)11-16(22-17(14)10-13)12-6-4-3-5-7-12/h2-10,16H,1,11H2. The first-order valence-electron chi connectivity index (χ1n) is 6.90. The van der Waals surface area contributed by atoms with E-state index < -0.39 is 5.97 Å². The van der Waals surface area contributed by atoms with Crippen molar-refractivity contribution in [2.24, 2.45) is 0 Å². The van der Waals surface area contributed by atoms with Gasteiger partial charge in [0.1, 0.15) is 17.6 Å². The van der Waals surface area contributed by atoms with E-state index in [1.54, 1.807) is 18.2 Å². The molecule has 0 radical (unpaired) electrons. The SMILES string of the molecule is C=CC(=O)Oc1ccc2c(c1)OC(c1ccccc1)CC2=O. The normalized spacial score (nSPS) is 16.4. The molecule has 0 aliphatic carbocycles. The second kappa shape index (κ2) is 5.85. The summed E-state index contributed by atoms with van der Waals surface area (Å²) in [7, 11) is 0. The van der Waals surface area contributed by atoms with Crippen LogP contribution in [0.4, 0.5) is 0 Å². The maximum Gasteiger partial charge on any atom is 0.335 e. The van der Waals surface area contributed by atoms with Crippen molar-refractivity contribution in [3.05, 3.63) is 72.3 Å². The van der Waals surface area contributed by atoms with Gasteiger partial charge in [-0.15, -0.1) is 0 Å². The molecule has 1 aliphatic rings. The van der Waals surface area contributed by atoms with Crippen LogP contribution >= 0.6 is 0 Å². The van der Waals surface area contributed by atoms with E-state index in [4.69, 9.17) is 9.47 Å². The maximum atomic E-state index is 12.3. The van der Waals surface area contributed by atoms with Crippen molar-refractivity contribution in [2.45, 2.75) is 12.5 Å². The monoisotopic (exact) mass is 294 g/mol. The lowest BCUT2D eigenvalue weighted by Crippen LogP contribution is -2.20. The van der Waals surface area contributed by atoms with Crippen LogP contribution in [0.25, 0.3) is 0 Å². The van der Waals surface area contributed by atoms with Crippen molar-refractivity contribution in [3.63, 3.8) is 0 Å². The number of ketones is 1. The van der Waals surface area contributed by atoms with E-state index in [0.29, 0.717) is 23.5 Å². The Labute approximate surface area is 128 Å². The zero-order valence-electron chi connectivity index (χ0n) is 11.8. The topological polar surface area (TPSA) is 52.6 Å². The second-order valence-corrected chi connectivity index (χ2v) is 4.93. The predicted octanol–water partition coefficient (Wildman–Crippen LogP) is 3.48. The summed E-state index contributed by atoms with van der Waals surface area (Å²) in [6, 6.07) is 14.3. The summed E-state index contributed by atoms with van der Waals surface area (Å²) < 4.78 is 11.0. The number of ether oxygens (including phenoxy) is 2. The molecule has 1 heterocycles. The Kier molecular flexibility index (Phi) is 3.74. The van der Waals surface area contributed by atoms with Crippen molar-refractivity contribution in [1.29, 1.82) is 0 Å². The number of rotatable bonds is 3. The van der Waals surface area contributed by atoms with Gasteiger partial charge < -0.3 is 9.47 Å². The fourth-order valence-electron chi connectivity index (χ4n) is 2.38. The minimum Gasteiger partial charge on any atom is -0.484 e. The third kappa shape index (κ3) is 2.76. The molecule has 0 N–H and O–H groups in total.